The van der Waals surface area contributed by atoms with E-state index >= 15 is 0 Å². The number of carbonyl (C=O) groups is 2. The highest BCUT2D eigenvalue weighted by atomic mass is 32.2. The van der Waals surface area contributed by atoms with Gasteiger partial charge in [0.05, 0.1) is 25.2 Å². The summed E-state index contributed by atoms with van der Waals surface area (Å²) in [5, 5.41) is 4.91. The molecule has 11 heteroatoms. The summed E-state index contributed by atoms with van der Waals surface area (Å²) in [5.74, 6) is -1.55. The van der Waals surface area contributed by atoms with Crippen LogP contribution in [0.2, 0.25) is 0 Å². The molecule has 1 saturated heterocycles. The van der Waals surface area contributed by atoms with Gasteiger partial charge in [-0.2, -0.15) is 4.31 Å². The lowest BCUT2D eigenvalue weighted by Gasteiger charge is -2.22. The number of methoxy groups -OCH3 is 1. The zero-order valence-electron chi connectivity index (χ0n) is 17.4. The maximum atomic E-state index is 13.1. The van der Waals surface area contributed by atoms with E-state index in [1.165, 1.54) is 0 Å². The number of carbonyl (C=O) groups excluding carboxylic acids is 2. The average Bonchev–Trinajstić information content (AvgIpc) is 3.28. The molecule has 1 aliphatic heterocycles. The lowest BCUT2D eigenvalue weighted by Crippen LogP contribution is -2.47. The van der Waals surface area contributed by atoms with E-state index in [0.29, 0.717) is 6.42 Å². The van der Waals surface area contributed by atoms with Gasteiger partial charge in [-0.05, 0) is 48.4 Å². The number of benzene rings is 2. The van der Waals surface area contributed by atoms with Crippen LogP contribution >= 0.6 is 0 Å². The summed E-state index contributed by atoms with van der Waals surface area (Å²) in [6.45, 7) is 0.262. The van der Waals surface area contributed by atoms with Crippen molar-refractivity contribution in [1.82, 2.24) is 14.9 Å². The molecule has 0 spiro atoms. The average molecular weight is 466 g/mol. The number of nitrogens with zero attached hydrogens (tertiary/aromatic N) is 1. The molecule has 1 aliphatic rings. The molecule has 0 aliphatic carbocycles. The second-order valence-electron chi connectivity index (χ2n) is 6.96. The quantitative estimate of drug-likeness (QED) is 0.554. The highest BCUT2D eigenvalue weighted by Gasteiger charge is 2.36. The van der Waals surface area contributed by atoms with Crippen LogP contribution in [0.3, 0.4) is 0 Å². The standard InChI is InChI=1S/C21H24FN3O6S/c1-30-17-6-2-15(3-7-17)10-11-23-20(26)21(27)24-14-19-25(12-13-31-19)32(28,29)18-8-4-16(22)5-9-18/h2-9,19H,10-14H2,1H3,(H,23,26)(H,24,27)/t19-/m0/s1. The Labute approximate surface area is 185 Å². The van der Waals surface area contributed by atoms with Gasteiger partial charge in [0.15, 0.2) is 0 Å². The monoisotopic (exact) mass is 465 g/mol. The number of hydrogen-bond donors (Lipinski definition) is 2. The highest BCUT2D eigenvalue weighted by Crippen LogP contribution is 2.22. The first-order valence-corrected chi connectivity index (χ1v) is 11.3. The topological polar surface area (TPSA) is 114 Å². The fraction of sp³-hybridized carbons (Fsp3) is 0.333. The summed E-state index contributed by atoms with van der Waals surface area (Å²) in [7, 11) is -2.37. The number of nitrogens with one attached hydrogen (secondary N) is 2. The highest BCUT2D eigenvalue weighted by molar-refractivity contribution is 7.89. The molecule has 0 unspecified atom stereocenters. The molecular formula is C21H24FN3O6S. The van der Waals surface area contributed by atoms with E-state index in [2.05, 4.69) is 10.6 Å². The van der Waals surface area contributed by atoms with Crippen LogP contribution in [0.15, 0.2) is 53.4 Å². The van der Waals surface area contributed by atoms with Gasteiger partial charge in [0.25, 0.3) is 0 Å². The maximum Gasteiger partial charge on any atom is 0.309 e. The van der Waals surface area contributed by atoms with Crippen LogP contribution in [0, 0.1) is 5.82 Å². The molecule has 0 aromatic heterocycles. The Balaban J connectivity index is 1.48. The first-order chi connectivity index (χ1) is 15.3. The number of sulfonamides is 1. The third-order valence-electron chi connectivity index (χ3n) is 4.87. The minimum atomic E-state index is -3.94. The van der Waals surface area contributed by atoms with Gasteiger partial charge in [0.2, 0.25) is 10.0 Å². The predicted molar refractivity (Wildman–Crippen MR) is 113 cm³/mol. The molecule has 0 saturated carbocycles. The van der Waals surface area contributed by atoms with E-state index in [-0.39, 0.29) is 31.1 Å². The summed E-state index contributed by atoms with van der Waals surface area (Å²) in [4.78, 5) is 24.0. The van der Waals surface area contributed by atoms with Crippen molar-refractivity contribution in [2.45, 2.75) is 17.5 Å². The smallest absolute Gasteiger partial charge is 0.309 e. The van der Waals surface area contributed by atoms with Crippen molar-refractivity contribution >= 4 is 21.8 Å². The minimum Gasteiger partial charge on any atom is -0.497 e. The number of rotatable bonds is 8. The molecule has 1 atom stereocenters. The number of ether oxygens (including phenoxy) is 2. The summed E-state index contributed by atoms with van der Waals surface area (Å²) in [6, 6.07) is 11.8. The van der Waals surface area contributed by atoms with Crippen molar-refractivity contribution in [3.05, 3.63) is 59.9 Å². The molecule has 0 radical (unpaired) electrons. The molecule has 32 heavy (non-hydrogen) atoms. The lowest BCUT2D eigenvalue weighted by molar-refractivity contribution is -0.139. The van der Waals surface area contributed by atoms with Crippen molar-refractivity contribution in [2.24, 2.45) is 0 Å². The molecule has 1 fully saturated rings. The van der Waals surface area contributed by atoms with E-state index in [9.17, 15) is 22.4 Å². The number of halogens is 1. The molecular weight excluding hydrogens is 441 g/mol. The van der Waals surface area contributed by atoms with Gasteiger partial charge in [-0.25, -0.2) is 12.8 Å². The van der Waals surface area contributed by atoms with Gasteiger partial charge in [-0.15, -0.1) is 0 Å². The molecule has 1 heterocycles. The molecule has 3 rings (SSSR count). The summed E-state index contributed by atoms with van der Waals surface area (Å²) in [6.07, 6.45) is -0.445. The van der Waals surface area contributed by atoms with Crippen LogP contribution in [0.1, 0.15) is 5.56 Å². The Morgan fingerprint density at radius 1 is 1.09 bits per heavy atom. The molecule has 2 amide bonds. The van der Waals surface area contributed by atoms with Gasteiger partial charge in [-0.1, -0.05) is 12.1 Å². The third kappa shape index (κ3) is 5.81. The molecule has 2 aromatic rings. The third-order valence-corrected chi connectivity index (χ3v) is 6.77. The van der Waals surface area contributed by atoms with Crippen molar-refractivity contribution in [3.8, 4) is 5.75 Å². The van der Waals surface area contributed by atoms with Gasteiger partial charge < -0.3 is 20.1 Å². The fourth-order valence-corrected chi connectivity index (χ4v) is 4.65. The van der Waals surface area contributed by atoms with Crippen molar-refractivity contribution in [1.29, 1.82) is 0 Å². The van der Waals surface area contributed by atoms with Crippen molar-refractivity contribution in [2.75, 3.05) is 33.4 Å². The Morgan fingerprint density at radius 2 is 1.75 bits per heavy atom. The Hall–Kier alpha value is -3.02. The van der Waals surface area contributed by atoms with E-state index in [1.54, 1.807) is 19.2 Å². The Morgan fingerprint density at radius 3 is 2.41 bits per heavy atom. The van der Waals surface area contributed by atoms with Crippen molar-refractivity contribution in [3.63, 3.8) is 0 Å². The van der Waals surface area contributed by atoms with Gasteiger partial charge in [-0.3, -0.25) is 9.59 Å². The van der Waals surface area contributed by atoms with E-state index < -0.39 is 33.9 Å². The molecule has 0 bridgehead atoms. The number of amides is 2. The Kier molecular flexibility index (Phi) is 7.78. The summed E-state index contributed by atoms with van der Waals surface area (Å²) >= 11 is 0. The first kappa shape index (κ1) is 23.6. The van der Waals surface area contributed by atoms with Crippen LogP contribution < -0.4 is 15.4 Å². The minimum absolute atomic E-state index is 0.0777. The maximum absolute atomic E-state index is 13.1. The predicted octanol–water partition coefficient (Wildman–Crippen LogP) is 0.656. The SMILES string of the molecule is COc1ccc(CCNC(=O)C(=O)NC[C@@H]2OCCN2S(=O)(=O)c2ccc(F)cc2)cc1. The van der Waals surface area contributed by atoms with Crippen LogP contribution in [0.5, 0.6) is 5.75 Å². The zero-order valence-corrected chi connectivity index (χ0v) is 18.2. The lowest BCUT2D eigenvalue weighted by atomic mass is 10.1. The molecule has 2 N–H and O–H groups in total. The van der Waals surface area contributed by atoms with Crippen LogP contribution in [0.25, 0.3) is 0 Å². The fourth-order valence-electron chi connectivity index (χ4n) is 3.14. The van der Waals surface area contributed by atoms with E-state index in [1.807, 2.05) is 12.1 Å². The van der Waals surface area contributed by atoms with Gasteiger partial charge in [0.1, 0.15) is 17.8 Å². The summed E-state index contributed by atoms with van der Waals surface area (Å²) < 4.78 is 50.2. The second kappa shape index (κ2) is 10.5. The van der Waals surface area contributed by atoms with Crippen LogP contribution in [-0.4, -0.2) is 64.1 Å². The van der Waals surface area contributed by atoms with Crippen LogP contribution in [0.4, 0.5) is 4.39 Å². The molecule has 2 aromatic carbocycles. The number of hydrogen-bond acceptors (Lipinski definition) is 6. The molecule has 9 nitrogen and oxygen atoms in total. The van der Waals surface area contributed by atoms with Gasteiger partial charge >= 0.3 is 11.8 Å². The van der Waals surface area contributed by atoms with E-state index in [0.717, 1.165) is 39.9 Å². The largest absolute Gasteiger partial charge is 0.497 e. The van der Waals surface area contributed by atoms with Gasteiger partial charge in [0, 0.05) is 13.1 Å². The normalized spacial score (nSPS) is 16.5. The molecule has 172 valence electrons. The van der Waals surface area contributed by atoms with Crippen molar-refractivity contribution < 1.29 is 31.9 Å². The first-order valence-electron chi connectivity index (χ1n) is 9.89. The van der Waals surface area contributed by atoms with Crippen LogP contribution in [-0.2, 0) is 30.8 Å². The summed E-state index contributed by atoms with van der Waals surface area (Å²) in [5.41, 5.74) is 0.965. The Bertz CT molecular complexity index is 1040. The zero-order chi connectivity index (χ0) is 23.1. The van der Waals surface area contributed by atoms with E-state index in [4.69, 9.17) is 9.47 Å². The second-order valence-corrected chi connectivity index (χ2v) is 8.85.